The number of halogens is 3. The van der Waals surface area contributed by atoms with Crippen molar-refractivity contribution >= 4 is 0 Å². The highest BCUT2D eigenvalue weighted by Crippen LogP contribution is 2.44. The standard InChI is InChI=1S/C6H11F3N2O/c7-6(8,9)5(4-12)1-2-11(10)3-5/h12H,1-4,10H2/t5-/m1/s1. The Bertz CT molecular complexity index is 173. The summed E-state index contributed by atoms with van der Waals surface area (Å²) in [4.78, 5) is 0. The summed E-state index contributed by atoms with van der Waals surface area (Å²) >= 11 is 0. The summed E-state index contributed by atoms with van der Waals surface area (Å²) in [7, 11) is 0. The van der Waals surface area contributed by atoms with E-state index in [0.29, 0.717) is 0 Å². The Morgan fingerprint density at radius 2 is 2.08 bits per heavy atom. The quantitative estimate of drug-likeness (QED) is 0.568. The van der Waals surface area contributed by atoms with Crippen LogP contribution in [0, 0.1) is 5.41 Å². The molecule has 1 fully saturated rings. The molecule has 0 radical (unpaired) electrons. The van der Waals surface area contributed by atoms with Crippen molar-refractivity contribution < 1.29 is 18.3 Å². The maximum atomic E-state index is 12.3. The number of hydrogen-bond donors (Lipinski definition) is 2. The van der Waals surface area contributed by atoms with Crippen LogP contribution in [0.25, 0.3) is 0 Å². The molecule has 0 spiro atoms. The first-order valence-corrected chi connectivity index (χ1v) is 3.58. The molecule has 0 bridgehead atoms. The van der Waals surface area contributed by atoms with Crippen molar-refractivity contribution in [3.8, 4) is 0 Å². The summed E-state index contributed by atoms with van der Waals surface area (Å²) in [6, 6.07) is 0. The van der Waals surface area contributed by atoms with Gasteiger partial charge in [-0.1, -0.05) is 0 Å². The zero-order valence-corrected chi connectivity index (χ0v) is 6.43. The van der Waals surface area contributed by atoms with Gasteiger partial charge in [0.05, 0.1) is 6.61 Å². The van der Waals surface area contributed by atoms with Crippen LogP contribution < -0.4 is 5.84 Å². The minimum Gasteiger partial charge on any atom is -0.395 e. The van der Waals surface area contributed by atoms with Crippen LogP contribution in [0.1, 0.15) is 6.42 Å². The highest BCUT2D eigenvalue weighted by molar-refractivity contribution is 4.93. The van der Waals surface area contributed by atoms with E-state index in [1.165, 1.54) is 0 Å². The van der Waals surface area contributed by atoms with Crippen LogP contribution in [-0.4, -0.2) is 36.0 Å². The van der Waals surface area contributed by atoms with Crippen LogP contribution in [0.5, 0.6) is 0 Å². The molecule has 1 rings (SSSR count). The first-order chi connectivity index (χ1) is 5.41. The normalized spacial score (nSPS) is 32.8. The van der Waals surface area contributed by atoms with Crippen LogP contribution in [0.2, 0.25) is 0 Å². The Balaban J connectivity index is 2.78. The Morgan fingerprint density at radius 1 is 1.50 bits per heavy atom. The molecule has 0 aromatic heterocycles. The van der Waals surface area contributed by atoms with E-state index in [4.69, 9.17) is 10.9 Å². The van der Waals surface area contributed by atoms with Crippen molar-refractivity contribution in [3.63, 3.8) is 0 Å². The zero-order chi connectivity index (χ0) is 9.41. The second kappa shape index (κ2) is 2.86. The molecule has 0 aromatic carbocycles. The molecule has 0 aliphatic carbocycles. The number of hydrazine groups is 1. The minimum absolute atomic E-state index is 0.122. The first-order valence-electron chi connectivity index (χ1n) is 3.58. The van der Waals surface area contributed by atoms with E-state index >= 15 is 0 Å². The summed E-state index contributed by atoms with van der Waals surface area (Å²) in [5, 5.41) is 9.75. The average Bonchev–Trinajstić information content (AvgIpc) is 2.31. The molecule has 72 valence electrons. The van der Waals surface area contributed by atoms with Crippen LogP contribution in [0.4, 0.5) is 13.2 Å². The van der Waals surface area contributed by atoms with Crippen molar-refractivity contribution in [1.82, 2.24) is 5.01 Å². The average molecular weight is 184 g/mol. The predicted octanol–water partition coefficient (Wildman–Crippen LogP) is 0.107. The summed E-state index contributed by atoms with van der Waals surface area (Å²) in [6.45, 7) is -1.02. The molecule has 1 heterocycles. The smallest absolute Gasteiger partial charge is 0.395 e. The number of aliphatic hydroxyl groups is 1. The SMILES string of the molecule is NN1CC[C@@](CO)(C(F)(F)F)C1. The van der Waals surface area contributed by atoms with Crippen molar-refractivity contribution in [1.29, 1.82) is 0 Å². The lowest BCUT2D eigenvalue weighted by molar-refractivity contribution is -0.230. The molecule has 12 heavy (non-hydrogen) atoms. The molecule has 6 heteroatoms. The molecule has 0 unspecified atom stereocenters. The lowest BCUT2D eigenvalue weighted by atomic mass is 9.87. The van der Waals surface area contributed by atoms with Gasteiger partial charge in [-0.15, -0.1) is 0 Å². The van der Waals surface area contributed by atoms with Gasteiger partial charge in [-0.2, -0.15) is 13.2 Å². The van der Waals surface area contributed by atoms with Gasteiger partial charge in [-0.25, -0.2) is 5.01 Å². The number of nitrogens with zero attached hydrogens (tertiary/aromatic N) is 1. The third-order valence-corrected chi connectivity index (χ3v) is 2.29. The molecule has 0 aromatic rings. The van der Waals surface area contributed by atoms with Gasteiger partial charge in [0.1, 0.15) is 5.41 Å². The number of aliphatic hydroxyl groups excluding tert-OH is 1. The van der Waals surface area contributed by atoms with Gasteiger partial charge in [0.15, 0.2) is 0 Å². The van der Waals surface area contributed by atoms with Crippen molar-refractivity contribution in [2.75, 3.05) is 19.7 Å². The number of alkyl halides is 3. The fraction of sp³-hybridized carbons (Fsp3) is 1.00. The Hall–Kier alpha value is -0.330. The predicted molar refractivity (Wildman–Crippen MR) is 36.0 cm³/mol. The molecule has 1 atom stereocenters. The van der Waals surface area contributed by atoms with Crippen LogP contribution in [-0.2, 0) is 0 Å². The van der Waals surface area contributed by atoms with E-state index in [-0.39, 0.29) is 19.5 Å². The highest BCUT2D eigenvalue weighted by atomic mass is 19.4. The number of rotatable bonds is 1. The second-order valence-corrected chi connectivity index (χ2v) is 3.16. The van der Waals surface area contributed by atoms with Gasteiger partial charge in [0.2, 0.25) is 0 Å². The van der Waals surface area contributed by atoms with Gasteiger partial charge >= 0.3 is 6.18 Å². The summed E-state index contributed by atoms with van der Waals surface area (Å²) in [6.07, 6.45) is -4.49. The Morgan fingerprint density at radius 3 is 2.25 bits per heavy atom. The summed E-state index contributed by atoms with van der Waals surface area (Å²) in [5.41, 5.74) is -2.00. The lowest BCUT2D eigenvalue weighted by Crippen LogP contribution is -2.44. The van der Waals surface area contributed by atoms with E-state index in [1.807, 2.05) is 0 Å². The third kappa shape index (κ3) is 1.41. The summed E-state index contributed by atoms with van der Waals surface area (Å²) < 4.78 is 37.0. The van der Waals surface area contributed by atoms with Gasteiger partial charge < -0.3 is 5.11 Å². The zero-order valence-electron chi connectivity index (χ0n) is 6.43. The minimum atomic E-state index is -4.37. The molecule has 0 amide bonds. The lowest BCUT2D eigenvalue weighted by Gasteiger charge is -2.28. The maximum absolute atomic E-state index is 12.3. The van der Waals surface area contributed by atoms with E-state index in [1.54, 1.807) is 0 Å². The van der Waals surface area contributed by atoms with Gasteiger partial charge in [0.25, 0.3) is 0 Å². The topological polar surface area (TPSA) is 49.5 Å². The van der Waals surface area contributed by atoms with Gasteiger partial charge in [0, 0.05) is 13.1 Å². The van der Waals surface area contributed by atoms with Crippen molar-refractivity contribution in [2.45, 2.75) is 12.6 Å². The largest absolute Gasteiger partial charge is 0.398 e. The van der Waals surface area contributed by atoms with Crippen LogP contribution in [0.15, 0.2) is 0 Å². The van der Waals surface area contributed by atoms with Gasteiger partial charge in [-0.3, -0.25) is 5.84 Å². The molecule has 1 saturated heterocycles. The number of hydrogen-bond acceptors (Lipinski definition) is 3. The Labute approximate surface area is 67.9 Å². The fourth-order valence-corrected chi connectivity index (χ4v) is 1.35. The molecule has 1 aliphatic rings. The molecule has 3 N–H and O–H groups in total. The molecular weight excluding hydrogens is 173 g/mol. The van der Waals surface area contributed by atoms with Crippen LogP contribution in [0.3, 0.4) is 0 Å². The molecule has 0 saturated carbocycles. The maximum Gasteiger partial charge on any atom is 0.398 e. The molecule has 3 nitrogen and oxygen atoms in total. The first kappa shape index (κ1) is 9.76. The van der Waals surface area contributed by atoms with E-state index in [0.717, 1.165) is 5.01 Å². The fourth-order valence-electron chi connectivity index (χ4n) is 1.35. The van der Waals surface area contributed by atoms with E-state index in [9.17, 15) is 13.2 Å². The molecular formula is C6H11F3N2O. The summed E-state index contributed by atoms with van der Waals surface area (Å²) in [5.74, 6) is 5.20. The number of nitrogens with two attached hydrogens (primary N) is 1. The van der Waals surface area contributed by atoms with E-state index < -0.39 is 18.2 Å². The van der Waals surface area contributed by atoms with Gasteiger partial charge in [-0.05, 0) is 6.42 Å². The Kier molecular flexibility index (Phi) is 2.33. The van der Waals surface area contributed by atoms with E-state index in [2.05, 4.69) is 0 Å². The van der Waals surface area contributed by atoms with Crippen molar-refractivity contribution in [3.05, 3.63) is 0 Å². The second-order valence-electron chi connectivity index (χ2n) is 3.16. The monoisotopic (exact) mass is 184 g/mol. The van der Waals surface area contributed by atoms with Crippen molar-refractivity contribution in [2.24, 2.45) is 11.3 Å². The molecule has 1 aliphatic heterocycles. The highest BCUT2D eigenvalue weighted by Gasteiger charge is 2.57. The third-order valence-electron chi connectivity index (χ3n) is 2.29. The van der Waals surface area contributed by atoms with Crippen LogP contribution >= 0.6 is 0 Å².